The Bertz CT molecular complexity index is 1080. The van der Waals surface area contributed by atoms with Gasteiger partial charge in [0.25, 0.3) is 0 Å². The van der Waals surface area contributed by atoms with Crippen LogP contribution >= 0.6 is 11.6 Å². The molecule has 0 aliphatic carbocycles. The summed E-state index contributed by atoms with van der Waals surface area (Å²) in [7, 11) is 0. The lowest BCUT2D eigenvalue weighted by Crippen LogP contribution is -2.51. The molecule has 8 heteroatoms. The average molecular weight is 407 g/mol. The van der Waals surface area contributed by atoms with Gasteiger partial charge in [-0.1, -0.05) is 28.9 Å². The van der Waals surface area contributed by atoms with Gasteiger partial charge >= 0.3 is 0 Å². The van der Waals surface area contributed by atoms with E-state index in [0.717, 1.165) is 43.7 Å². The van der Waals surface area contributed by atoms with Crippen molar-refractivity contribution < 1.29 is 4.52 Å². The zero-order chi connectivity index (χ0) is 19.8. The topological polar surface area (TPSA) is 82.1 Å². The van der Waals surface area contributed by atoms with E-state index in [4.69, 9.17) is 16.1 Å². The largest absolute Gasteiger partial charge is 0.356 e. The highest BCUT2D eigenvalue weighted by molar-refractivity contribution is 6.33. The predicted molar refractivity (Wildman–Crippen MR) is 108 cm³/mol. The molecule has 0 bridgehead atoms. The molecule has 1 aromatic carbocycles. The highest BCUT2D eigenvalue weighted by Gasteiger charge is 2.40. The van der Waals surface area contributed by atoms with Gasteiger partial charge in [0.2, 0.25) is 0 Å². The summed E-state index contributed by atoms with van der Waals surface area (Å²) < 4.78 is 5.62. The number of aromatic nitrogens is 3. The molecule has 0 unspecified atom stereocenters. The average Bonchev–Trinajstić information content (AvgIpc) is 3.40. The molecule has 29 heavy (non-hydrogen) atoms. The first-order chi connectivity index (χ1) is 14.2. The molecule has 2 fully saturated rings. The van der Waals surface area contributed by atoms with Gasteiger partial charge in [-0.3, -0.25) is 4.90 Å². The third kappa shape index (κ3) is 3.24. The van der Waals surface area contributed by atoms with Crippen molar-refractivity contribution in [1.82, 2.24) is 20.0 Å². The van der Waals surface area contributed by atoms with Crippen LogP contribution in [0.1, 0.15) is 30.3 Å². The van der Waals surface area contributed by atoms with Gasteiger partial charge in [0.05, 0.1) is 11.1 Å². The third-order valence-corrected chi connectivity index (χ3v) is 6.12. The molecule has 146 valence electrons. The number of piperazine rings is 1. The van der Waals surface area contributed by atoms with Gasteiger partial charge in [-0.15, -0.1) is 0 Å². The molecule has 4 heterocycles. The lowest BCUT2D eigenvalue weighted by molar-refractivity contribution is 0.170. The van der Waals surface area contributed by atoms with E-state index in [-0.39, 0.29) is 6.04 Å². The second-order valence-corrected chi connectivity index (χ2v) is 7.77. The standard InChI is InChI=1S/C21H19ClN6O/c22-16-4-2-1-3-15(16)20-11-17(26-29-20)19-6-5-14-13-27(9-10-28(14)19)21-18(12-23)24-7-8-25-21/h1-4,7-8,11,14,19H,5-6,9-10,13H2/t14-,19+/m1/s1. The molecule has 7 nitrogen and oxygen atoms in total. The van der Waals surface area contributed by atoms with Crippen LogP contribution in [0.2, 0.25) is 5.02 Å². The van der Waals surface area contributed by atoms with E-state index in [9.17, 15) is 5.26 Å². The first-order valence-electron chi connectivity index (χ1n) is 9.68. The predicted octanol–water partition coefficient (Wildman–Crippen LogP) is 3.68. The normalized spacial score (nSPS) is 21.7. The van der Waals surface area contributed by atoms with Gasteiger partial charge in [0.15, 0.2) is 17.3 Å². The lowest BCUT2D eigenvalue weighted by atomic mass is 10.1. The van der Waals surface area contributed by atoms with Crippen LogP contribution in [-0.2, 0) is 0 Å². The number of nitrogens with zero attached hydrogens (tertiary/aromatic N) is 6. The number of hydrogen-bond acceptors (Lipinski definition) is 7. The maximum atomic E-state index is 9.33. The maximum Gasteiger partial charge on any atom is 0.183 e. The molecule has 0 saturated carbocycles. The van der Waals surface area contributed by atoms with Crippen molar-refractivity contribution in [3.05, 3.63) is 59.1 Å². The van der Waals surface area contributed by atoms with Gasteiger partial charge < -0.3 is 9.42 Å². The minimum atomic E-state index is 0.236. The highest BCUT2D eigenvalue weighted by Crippen LogP contribution is 2.39. The summed E-state index contributed by atoms with van der Waals surface area (Å²) in [6, 6.07) is 12.4. The van der Waals surface area contributed by atoms with Crippen molar-refractivity contribution >= 4 is 17.4 Å². The van der Waals surface area contributed by atoms with Crippen LogP contribution in [0.3, 0.4) is 0 Å². The van der Waals surface area contributed by atoms with E-state index in [1.165, 1.54) is 0 Å². The fourth-order valence-electron chi connectivity index (χ4n) is 4.44. The summed E-state index contributed by atoms with van der Waals surface area (Å²) in [4.78, 5) is 13.2. The monoisotopic (exact) mass is 406 g/mol. The van der Waals surface area contributed by atoms with E-state index in [2.05, 4.69) is 31.0 Å². The Morgan fingerprint density at radius 1 is 1.14 bits per heavy atom. The molecule has 2 saturated heterocycles. The van der Waals surface area contributed by atoms with Crippen LogP contribution < -0.4 is 4.90 Å². The Morgan fingerprint density at radius 3 is 2.86 bits per heavy atom. The lowest BCUT2D eigenvalue weighted by Gasteiger charge is -2.40. The highest BCUT2D eigenvalue weighted by atomic mass is 35.5. The first-order valence-corrected chi connectivity index (χ1v) is 10.1. The number of anilines is 1. The third-order valence-electron chi connectivity index (χ3n) is 5.80. The number of halogens is 1. The van der Waals surface area contributed by atoms with Gasteiger partial charge in [0.1, 0.15) is 11.8 Å². The van der Waals surface area contributed by atoms with E-state index >= 15 is 0 Å². The summed E-state index contributed by atoms with van der Waals surface area (Å²) in [5.74, 6) is 1.38. The SMILES string of the molecule is N#Cc1nccnc1N1CCN2[C@H](CC[C@H]2c2cc(-c3ccccc3Cl)on2)C1. The second-order valence-electron chi connectivity index (χ2n) is 7.37. The molecule has 3 aromatic rings. The molecule has 2 aliphatic rings. The van der Waals surface area contributed by atoms with Crippen LogP contribution in [-0.4, -0.2) is 45.7 Å². The molecular formula is C21H19ClN6O. The van der Waals surface area contributed by atoms with Crippen molar-refractivity contribution in [1.29, 1.82) is 5.26 Å². The zero-order valence-corrected chi connectivity index (χ0v) is 16.5. The smallest absolute Gasteiger partial charge is 0.183 e. The minimum Gasteiger partial charge on any atom is -0.356 e. The summed E-state index contributed by atoms with van der Waals surface area (Å²) >= 11 is 6.30. The van der Waals surface area contributed by atoms with Crippen molar-refractivity contribution in [2.75, 3.05) is 24.5 Å². The Hall–Kier alpha value is -2.95. The summed E-state index contributed by atoms with van der Waals surface area (Å²) in [5.41, 5.74) is 2.20. The molecular weight excluding hydrogens is 388 g/mol. The minimum absolute atomic E-state index is 0.236. The fourth-order valence-corrected chi connectivity index (χ4v) is 4.67. The van der Waals surface area contributed by atoms with Gasteiger partial charge in [-0.2, -0.15) is 5.26 Å². The zero-order valence-electron chi connectivity index (χ0n) is 15.7. The van der Waals surface area contributed by atoms with Crippen LogP contribution in [0, 0.1) is 11.3 Å². The van der Waals surface area contributed by atoms with Crippen LogP contribution in [0.25, 0.3) is 11.3 Å². The van der Waals surface area contributed by atoms with E-state index < -0.39 is 0 Å². The fraction of sp³-hybridized carbons (Fsp3) is 0.333. The van der Waals surface area contributed by atoms with Crippen molar-refractivity contribution in [3.8, 4) is 17.4 Å². The Kier molecular flexibility index (Phi) is 4.66. The summed E-state index contributed by atoms with van der Waals surface area (Å²) in [6.45, 7) is 2.51. The van der Waals surface area contributed by atoms with Crippen LogP contribution in [0.4, 0.5) is 5.82 Å². The number of benzene rings is 1. The number of hydrogen-bond donors (Lipinski definition) is 0. The first kappa shape index (κ1) is 18.1. The van der Waals surface area contributed by atoms with E-state index in [0.29, 0.717) is 28.3 Å². The van der Waals surface area contributed by atoms with Crippen LogP contribution in [0.5, 0.6) is 0 Å². The second kappa shape index (κ2) is 7.47. The number of rotatable bonds is 3. The summed E-state index contributed by atoms with van der Waals surface area (Å²) in [6.07, 6.45) is 5.30. The Labute approximate surface area is 173 Å². The molecule has 2 atom stereocenters. The van der Waals surface area contributed by atoms with E-state index in [1.807, 2.05) is 30.3 Å². The Morgan fingerprint density at radius 2 is 2.00 bits per heavy atom. The van der Waals surface area contributed by atoms with Gasteiger partial charge in [-0.25, -0.2) is 9.97 Å². The van der Waals surface area contributed by atoms with Crippen LogP contribution in [0.15, 0.2) is 47.2 Å². The molecule has 2 aromatic heterocycles. The number of fused-ring (bicyclic) bond motifs is 1. The molecule has 0 amide bonds. The quantitative estimate of drug-likeness (QED) is 0.656. The Balaban J connectivity index is 1.34. The van der Waals surface area contributed by atoms with Crippen molar-refractivity contribution in [2.24, 2.45) is 0 Å². The van der Waals surface area contributed by atoms with Crippen molar-refractivity contribution in [3.63, 3.8) is 0 Å². The van der Waals surface area contributed by atoms with Gasteiger partial charge in [-0.05, 0) is 25.0 Å². The maximum absolute atomic E-state index is 9.33. The molecule has 0 radical (unpaired) electrons. The van der Waals surface area contributed by atoms with E-state index in [1.54, 1.807) is 12.4 Å². The van der Waals surface area contributed by atoms with Gasteiger partial charge in [0, 0.05) is 49.7 Å². The molecule has 5 rings (SSSR count). The molecule has 0 N–H and O–H groups in total. The van der Waals surface area contributed by atoms with Crippen molar-refractivity contribution in [2.45, 2.75) is 24.9 Å². The number of nitriles is 1. The summed E-state index contributed by atoms with van der Waals surface area (Å²) in [5, 5.41) is 14.3. The molecule has 0 spiro atoms. The molecule has 2 aliphatic heterocycles.